The first-order valence-electron chi connectivity index (χ1n) is 15.1. The van der Waals surface area contributed by atoms with Crippen molar-refractivity contribution in [1.29, 1.82) is 0 Å². The first-order valence-corrected chi connectivity index (χ1v) is 17.0. The molecular formula is C34H36N8O6S. The van der Waals surface area contributed by atoms with Gasteiger partial charge in [0.25, 0.3) is 15.7 Å². The highest BCUT2D eigenvalue weighted by molar-refractivity contribution is 7.85. The van der Waals surface area contributed by atoms with Gasteiger partial charge in [-0.2, -0.15) is 13.4 Å². The van der Waals surface area contributed by atoms with Crippen LogP contribution in [0.3, 0.4) is 0 Å². The van der Waals surface area contributed by atoms with Crippen molar-refractivity contribution in [2.24, 2.45) is 5.73 Å². The summed E-state index contributed by atoms with van der Waals surface area (Å²) < 4.78 is 33.2. The van der Waals surface area contributed by atoms with Crippen LogP contribution in [-0.4, -0.2) is 89.9 Å². The SMILES string of the molecule is COc1cc(N2CCN(C)CC2)ccc1-c1nc(N)nc2c1nc(-c1ccccc1)c(=O)n2-c1ccccc1C=CC(N)=O.CS(=O)(=O)O. The third-order valence-electron chi connectivity index (χ3n) is 7.68. The molecule has 6 rings (SSSR count). The van der Waals surface area contributed by atoms with Gasteiger partial charge in [-0.3, -0.25) is 18.7 Å². The number of hydrogen-bond donors (Lipinski definition) is 3. The first-order chi connectivity index (χ1) is 23.3. The average Bonchev–Trinajstić information content (AvgIpc) is 3.07. The summed E-state index contributed by atoms with van der Waals surface area (Å²) in [5.74, 6) is -0.0608. The molecule has 1 fully saturated rings. The molecule has 1 amide bonds. The highest BCUT2D eigenvalue weighted by Crippen LogP contribution is 2.37. The monoisotopic (exact) mass is 684 g/mol. The maximum atomic E-state index is 14.2. The number of rotatable bonds is 7. The van der Waals surface area contributed by atoms with E-state index in [0.717, 1.165) is 31.9 Å². The third kappa shape index (κ3) is 8.27. The molecule has 14 nitrogen and oxygen atoms in total. The van der Waals surface area contributed by atoms with E-state index >= 15 is 0 Å². The molecule has 0 aliphatic carbocycles. The number of carbonyl (C=O) groups excluding carboxylic acids is 1. The van der Waals surface area contributed by atoms with Gasteiger partial charge in [-0.05, 0) is 36.9 Å². The van der Waals surface area contributed by atoms with E-state index in [1.165, 1.54) is 10.6 Å². The Kier molecular flexibility index (Phi) is 10.4. The van der Waals surface area contributed by atoms with E-state index in [9.17, 15) is 18.0 Å². The number of anilines is 2. The van der Waals surface area contributed by atoms with Crippen molar-refractivity contribution >= 4 is 44.9 Å². The van der Waals surface area contributed by atoms with Crippen LogP contribution in [0.5, 0.6) is 5.75 Å². The van der Waals surface area contributed by atoms with Crippen molar-refractivity contribution in [1.82, 2.24) is 24.4 Å². The highest BCUT2D eigenvalue weighted by atomic mass is 32.2. The zero-order valence-electron chi connectivity index (χ0n) is 27.1. The van der Waals surface area contributed by atoms with Crippen LogP contribution in [0.25, 0.3) is 45.4 Å². The van der Waals surface area contributed by atoms with Crippen LogP contribution in [0.1, 0.15) is 5.56 Å². The molecule has 3 heterocycles. The number of nitrogens with zero attached hydrogens (tertiary/aromatic N) is 6. The van der Waals surface area contributed by atoms with Crippen molar-refractivity contribution < 1.29 is 22.5 Å². The van der Waals surface area contributed by atoms with Crippen molar-refractivity contribution in [2.45, 2.75) is 0 Å². The molecule has 1 aliphatic rings. The topological polar surface area (TPSA) is 200 Å². The lowest BCUT2D eigenvalue weighted by Crippen LogP contribution is -2.44. The Morgan fingerprint density at radius 3 is 2.24 bits per heavy atom. The number of ether oxygens (including phenoxy) is 1. The summed E-state index contributed by atoms with van der Waals surface area (Å²) in [5, 5.41) is 0. The van der Waals surface area contributed by atoms with Gasteiger partial charge in [0, 0.05) is 55.1 Å². The van der Waals surface area contributed by atoms with Crippen molar-refractivity contribution in [3.63, 3.8) is 0 Å². The Bertz CT molecular complexity index is 2190. The smallest absolute Gasteiger partial charge is 0.283 e. The van der Waals surface area contributed by atoms with Gasteiger partial charge in [0.1, 0.15) is 22.7 Å². The molecule has 0 spiro atoms. The summed E-state index contributed by atoms with van der Waals surface area (Å²) in [7, 11) is 0.0633. The van der Waals surface area contributed by atoms with Gasteiger partial charge in [-0.25, -0.2) is 9.97 Å². The van der Waals surface area contributed by atoms with Gasteiger partial charge in [-0.15, -0.1) is 0 Å². The molecule has 5 N–H and O–H groups in total. The zero-order chi connectivity index (χ0) is 35.3. The molecule has 2 aromatic heterocycles. The maximum absolute atomic E-state index is 14.2. The normalized spacial score (nSPS) is 13.7. The number of para-hydroxylation sites is 1. The largest absolute Gasteiger partial charge is 0.496 e. The Hall–Kier alpha value is -5.64. The van der Waals surface area contributed by atoms with Crippen LogP contribution in [0, 0.1) is 0 Å². The number of primary amides is 1. The number of benzene rings is 3. The van der Waals surface area contributed by atoms with Gasteiger partial charge in [0.05, 0.1) is 19.1 Å². The van der Waals surface area contributed by atoms with E-state index in [4.69, 9.17) is 25.7 Å². The molecule has 1 aliphatic heterocycles. The molecule has 5 aromatic rings. The van der Waals surface area contributed by atoms with Gasteiger partial charge in [-0.1, -0.05) is 48.5 Å². The summed E-state index contributed by atoms with van der Waals surface area (Å²) in [5.41, 5.74) is 15.8. The molecule has 0 unspecified atom stereocenters. The summed E-state index contributed by atoms with van der Waals surface area (Å²) >= 11 is 0. The molecule has 0 atom stereocenters. The molecule has 1 saturated heterocycles. The minimum Gasteiger partial charge on any atom is -0.496 e. The Morgan fingerprint density at radius 1 is 0.939 bits per heavy atom. The third-order valence-corrected chi connectivity index (χ3v) is 7.68. The number of piperazine rings is 1. The summed E-state index contributed by atoms with van der Waals surface area (Å²) in [4.78, 5) is 44.5. The number of nitrogen functional groups attached to an aromatic ring is 1. The van der Waals surface area contributed by atoms with E-state index < -0.39 is 21.6 Å². The lowest BCUT2D eigenvalue weighted by molar-refractivity contribution is -0.113. The summed E-state index contributed by atoms with van der Waals surface area (Å²) in [6.07, 6.45) is 3.52. The maximum Gasteiger partial charge on any atom is 0.283 e. The lowest BCUT2D eigenvalue weighted by Gasteiger charge is -2.34. The molecule has 0 radical (unpaired) electrons. The van der Waals surface area contributed by atoms with Crippen LogP contribution in [0.2, 0.25) is 0 Å². The fraction of sp³-hybridized carbons (Fsp3) is 0.206. The minimum atomic E-state index is -3.67. The Labute approximate surface area is 283 Å². The highest BCUT2D eigenvalue weighted by Gasteiger charge is 2.24. The van der Waals surface area contributed by atoms with Crippen LogP contribution >= 0.6 is 0 Å². The molecule has 254 valence electrons. The van der Waals surface area contributed by atoms with Crippen molar-refractivity contribution in [3.05, 3.63) is 94.8 Å². The predicted octanol–water partition coefficient (Wildman–Crippen LogP) is 2.85. The van der Waals surface area contributed by atoms with Gasteiger partial charge in [0.2, 0.25) is 11.9 Å². The number of nitrogens with two attached hydrogens (primary N) is 2. The number of amides is 1. The predicted molar refractivity (Wildman–Crippen MR) is 190 cm³/mol. The zero-order valence-corrected chi connectivity index (χ0v) is 28.0. The molecule has 0 saturated carbocycles. The summed E-state index contributed by atoms with van der Waals surface area (Å²) in [6, 6.07) is 22.3. The lowest BCUT2D eigenvalue weighted by atomic mass is 10.1. The van der Waals surface area contributed by atoms with Crippen molar-refractivity contribution in [2.75, 3.05) is 57.2 Å². The van der Waals surface area contributed by atoms with E-state index in [1.54, 1.807) is 37.5 Å². The van der Waals surface area contributed by atoms with E-state index in [2.05, 4.69) is 26.8 Å². The molecule has 3 aromatic carbocycles. The van der Waals surface area contributed by atoms with Crippen molar-refractivity contribution in [3.8, 4) is 34.0 Å². The minimum absolute atomic E-state index is 0.0368. The molecule has 49 heavy (non-hydrogen) atoms. The second kappa shape index (κ2) is 14.6. The number of hydrogen-bond acceptors (Lipinski definition) is 11. The average molecular weight is 685 g/mol. The fourth-order valence-electron chi connectivity index (χ4n) is 5.42. The van der Waals surface area contributed by atoms with Gasteiger partial charge >= 0.3 is 0 Å². The quantitative estimate of drug-likeness (QED) is 0.168. The van der Waals surface area contributed by atoms with Crippen LogP contribution < -0.4 is 26.7 Å². The number of carbonyl (C=O) groups is 1. The van der Waals surface area contributed by atoms with Crippen LogP contribution in [0.4, 0.5) is 11.6 Å². The number of aromatic nitrogens is 4. The van der Waals surface area contributed by atoms with Crippen LogP contribution in [-0.2, 0) is 14.9 Å². The second-order valence-corrected chi connectivity index (χ2v) is 12.7. The fourth-order valence-corrected chi connectivity index (χ4v) is 5.42. The van der Waals surface area contributed by atoms with E-state index in [0.29, 0.717) is 45.6 Å². The van der Waals surface area contributed by atoms with Gasteiger partial charge in [0.15, 0.2) is 5.65 Å². The number of likely N-dealkylation sites (N-methyl/N-ethyl adjacent to an activating group) is 1. The Balaban J connectivity index is 0.000000874. The van der Waals surface area contributed by atoms with Gasteiger partial charge < -0.3 is 26.0 Å². The van der Waals surface area contributed by atoms with E-state index in [1.807, 2.05) is 48.5 Å². The van der Waals surface area contributed by atoms with Crippen LogP contribution in [0.15, 0.2) is 83.7 Å². The summed E-state index contributed by atoms with van der Waals surface area (Å²) in [6.45, 7) is 3.74. The number of methoxy groups -OCH3 is 1. The number of fused-ring (bicyclic) bond motifs is 1. The van der Waals surface area contributed by atoms with E-state index in [-0.39, 0.29) is 17.3 Å². The molecular weight excluding hydrogens is 648 g/mol. The standard InChI is InChI=1S/C33H32N8O3.CH4O3S/c1-39-16-18-40(19-17-39)23-13-14-24(26(20-23)44-2)29-30-31(38-33(35)37-29)41(25-11-7-6-8-21(25)12-15-27(34)42)32(43)28(36-30)22-9-4-3-5-10-22;1-5(2,3)4/h3-15,20H,16-19H2,1-2H3,(H2,34,42)(H2,35,37,38);1H3,(H,2,3,4). The first kappa shape index (κ1) is 34.7. The Morgan fingerprint density at radius 2 is 1.59 bits per heavy atom. The molecule has 15 heteroatoms. The molecule has 0 bridgehead atoms. The second-order valence-electron chi connectivity index (χ2n) is 11.3.